The molecule has 2 aliphatic heterocycles. The van der Waals surface area contributed by atoms with Gasteiger partial charge in [0.1, 0.15) is 0 Å². The van der Waals surface area contributed by atoms with Crippen LogP contribution in [0, 0.1) is 6.92 Å². The summed E-state index contributed by atoms with van der Waals surface area (Å²) >= 11 is 0. The molecular weight excluding hydrogens is 288 g/mol. The van der Waals surface area contributed by atoms with Gasteiger partial charge in [-0.15, -0.1) is 0 Å². The number of hydrogen-bond acceptors (Lipinski definition) is 3. The lowest BCUT2D eigenvalue weighted by atomic mass is 10.0. The van der Waals surface area contributed by atoms with Crippen molar-refractivity contribution in [2.24, 2.45) is 0 Å². The number of rotatable bonds is 2. The zero-order valence-corrected chi connectivity index (χ0v) is 13.0. The number of aryl methyl sites for hydroxylation is 1. The van der Waals surface area contributed by atoms with Gasteiger partial charge in [0.25, 0.3) is 0 Å². The van der Waals surface area contributed by atoms with Crippen molar-refractivity contribution in [1.82, 2.24) is 0 Å². The first kappa shape index (κ1) is 14.0. The molecule has 0 spiro atoms. The molecule has 1 atom stereocenters. The van der Waals surface area contributed by atoms with E-state index < -0.39 is 0 Å². The fourth-order valence-electron chi connectivity index (χ4n) is 3.35. The number of nitrogens with one attached hydrogen (secondary N) is 1. The average Bonchev–Trinajstić information content (AvgIpc) is 3.10. The highest BCUT2D eigenvalue weighted by molar-refractivity contribution is 6.19. The van der Waals surface area contributed by atoms with Crippen molar-refractivity contribution in [3.05, 3.63) is 59.2 Å². The van der Waals surface area contributed by atoms with Crippen LogP contribution in [-0.4, -0.2) is 11.8 Å². The molecule has 0 aromatic heterocycles. The lowest BCUT2D eigenvalue weighted by molar-refractivity contribution is -0.121. The third-order valence-electron chi connectivity index (χ3n) is 4.63. The smallest absolute Gasteiger partial charge is 0.234 e. The number of amides is 2. The third kappa shape index (κ3) is 2.40. The average molecular weight is 306 g/mol. The van der Waals surface area contributed by atoms with Gasteiger partial charge in [0.2, 0.25) is 11.8 Å². The molecule has 0 saturated carbocycles. The van der Waals surface area contributed by atoms with Gasteiger partial charge in [0.15, 0.2) is 0 Å². The maximum absolute atomic E-state index is 11.9. The van der Waals surface area contributed by atoms with Crippen molar-refractivity contribution in [1.29, 1.82) is 0 Å². The van der Waals surface area contributed by atoms with E-state index in [0.29, 0.717) is 18.5 Å². The minimum Gasteiger partial charge on any atom is -0.378 e. The number of fused-ring (bicyclic) bond motifs is 1. The summed E-state index contributed by atoms with van der Waals surface area (Å²) in [6.07, 6.45) is 1.50. The highest BCUT2D eigenvalue weighted by Gasteiger charge is 2.31. The van der Waals surface area contributed by atoms with E-state index in [2.05, 4.69) is 36.5 Å². The van der Waals surface area contributed by atoms with Crippen LogP contribution < -0.4 is 10.2 Å². The van der Waals surface area contributed by atoms with Gasteiger partial charge in [-0.25, -0.2) is 0 Å². The second-order valence-electron chi connectivity index (χ2n) is 6.28. The molecule has 0 radical (unpaired) electrons. The molecule has 4 heteroatoms. The van der Waals surface area contributed by atoms with Gasteiger partial charge in [0, 0.05) is 18.5 Å². The molecule has 1 fully saturated rings. The molecule has 1 N–H and O–H groups in total. The molecule has 0 aliphatic carbocycles. The Bertz CT molecular complexity index is 780. The molecule has 2 aromatic rings. The van der Waals surface area contributed by atoms with Gasteiger partial charge in [-0.2, -0.15) is 0 Å². The predicted molar refractivity (Wildman–Crippen MR) is 89.4 cm³/mol. The van der Waals surface area contributed by atoms with Gasteiger partial charge >= 0.3 is 0 Å². The van der Waals surface area contributed by atoms with Crippen LogP contribution in [0.4, 0.5) is 11.4 Å². The molecule has 2 aromatic carbocycles. The lowest BCUT2D eigenvalue weighted by Crippen LogP contribution is -2.28. The topological polar surface area (TPSA) is 49.4 Å². The molecule has 2 aliphatic rings. The Morgan fingerprint density at radius 3 is 2.39 bits per heavy atom. The van der Waals surface area contributed by atoms with Crippen molar-refractivity contribution in [3.63, 3.8) is 0 Å². The Kier molecular flexibility index (Phi) is 3.18. The van der Waals surface area contributed by atoms with E-state index >= 15 is 0 Å². The van der Waals surface area contributed by atoms with E-state index in [-0.39, 0.29) is 17.9 Å². The number of anilines is 2. The Hall–Kier alpha value is -2.62. The van der Waals surface area contributed by atoms with Gasteiger partial charge < -0.3 is 5.32 Å². The van der Waals surface area contributed by atoms with Crippen molar-refractivity contribution >= 4 is 23.2 Å². The van der Waals surface area contributed by atoms with E-state index in [1.54, 1.807) is 0 Å². The van der Waals surface area contributed by atoms with Crippen LogP contribution in [-0.2, 0) is 16.0 Å². The zero-order chi connectivity index (χ0) is 16.0. The largest absolute Gasteiger partial charge is 0.378 e. The summed E-state index contributed by atoms with van der Waals surface area (Å²) in [5, 5.41) is 3.52. The summed E-state index contributed by atoms with van der Waals surface area (Å²) in [6.45, 7) is 2.08. The summed E-state index contributed by atoms with van der Waals surface area (Å²) in [6, 6.07) is 14.6. The summed E-state index contributed by atoms with van der Waals surface area (Å²) in [5.41, 5.74) is 5.43. The van der Waals surface area contributed by atoms with E-state index in [9.17, 15) is 9.59 Å². The summed E-state index contributed by atoms with van der Waals surface area (Å²) < 4.78 is 0. The van der Waals surface area contributed by atoms with Gasteiger partial charge in [-0.1, -0.05) is 29.8 Å². The number of imide groups is 1. The molecule has 1 saturated heterocycles. The Morgan fingerprint density at radius 1 is 1.00 bits per heavy atom. The van der Waals surface area contributed by atoms with Crippen molar-refractivity contribution in [2.45, 2.75) is 32.2 Å². The van der Waals surface area contributed by atoms with Gasteiger partial charge in [-0.05, 0) is 42.7 Å². The van der Waals surface area contributed by atoms with E-state index in [4.69, 9.17) is 0 Å². The first-order valence-corrected chi connectivity index (χ1v) is 7.93. The monoisotopic (exact) mass is 306 g/mol. The fourth-order valence-corrected chi connectivity index (χ4v) is 3.35. The summed E-state index contributed by atoms with van der Waals surface area (Å²) in [5.74, 6) is -0.202. The maximum atomic E-state index is 11.9. The Labute approximate surface area is 135 Å². The van der Waals surface area contributed by atoms with E-state index in [1.165, 1.54) is 16.0 Å². The van der Waals surface area contributed by atoms with Crippen LogP contribution in [0.15, 0.2) is 42.5 Å². The second-order valence-corrected chi connectivity index (χ2v) is 6.28. The maximum Gasteiger partial charge on any atom is 0.234 e. The lowest BCUT2D eigenvalue weighted by Gasteiger charge is -2.14. The number of benzene rings is 2. The van der Waals surface area contributed by atoms with E-state index in [0.717, 1.165) is 17.7 Å². The Morgan fingerprint density at radius 2 is 1.70 bits per heavy atom. The molecule has 1 unspecified atom stereocenters. The number of nitrogens with zero attached hydrogens (tertiary/aromatic N) is 1. The first-order valence-electron chi connectivity index (χ1n) is 7.93. The molecule has 0 bridgehead atoms. The molecule has 4 nitrogen and oxygen atoms in total. The minimum atomic E-state index is -0.101. The minimum absolute atomic E-state index is 0.101. The summed E-state index contributed by atoms with van der Waals surface area (Å²) in [7, 11) is 0. The van der Waals surface area contributed by atoms with Crippen LogP contribution in [0.2, 0.25) is 0 Å². The number of hydrogen-bond donors (Lipinski definition) is 1. The Balaban J connectivity index is 1.61. The fraction of sp³-hybridized carbons (Fsp3) is 0.263. The first-order chi connectivity index (χ1) is 11.1. The van der Waals surface area contributed by atoms with Gasteiger partial charge in [0.05, 0.1) is 11.7 Å². The molecule has 4 rings (SSSR count). The van der Waals surface area contributed by atoms with Crippen LogP contribution in [0.1, 0.15) is 35.6 Å². The highest BCUT2D eigenvalue weighted by Crippen LogP contribution is 2.37. The van der Waals surface area contributed by atoms with Crippen LogP contribution in [0.3, 0.4) is 0 Å². The van der Waals surface area contributed by atoms with Crippen molar-refractivity contribution in [2.75, 3.05) is 10.2 Å². The molecule has 116 valence electrons. The van der Waals surface area contributed by atoms with Crippen LogP contribution >= 0.6 is 0 Å². The number of carbonyl (C=O) groups excluding carboxylic acids is 2. The SMILES string of the molecule is Cc1ccc(C2Cc3cc(N4C(=O)CCC4=O)ccc3N2)cc1. The molecule has 23 heavy (non-hydrogen) atoms. The molecule has 2 amide bonds. The standard InChI is InChI=1S/C19H18N2O2/c1-12-2-4-13(5-3-12)17-11-14-10-15(6-7-16(14)20-17)21-18(22)8-9-19(21)23/h2-7,10,17,20H,8-9,11H2,1H3. The summed E-state index contributed by atoms with van der Waals surface area (Å²) in [4.78, 5) is 25.1. The van der Waals surface area contributed by atoms with Crippen molar-refractivity contribution < 1.29 is 9.59 Å². The van der Waals surface area contributed by atoms with E-state index in [1.807, 2.05) is 18.2 Å². The van der Waals surface area contributed by atoms with Crippen molar-refractivity contribution in [3.8, 4) is 0 Å². The van der Waals surface area contributed by atoms with Crippen LogP contribution in [0.25, 0.3) is 0 Å². The van der Waals surface area contributed by atoms with Crippen LogP contribution in [0.5, 0.6) is 0 Å². The second kappa shape index (κ2) is 5.23. The zero-order valence-electron chi connectivity index (χ0n) is 13.0. The molecular formula is C19H18N2O2. The number of carbonyl (C=O) groups is 2. The van der Waals surface area contributed by atoms with Gasteiger partial charge in [-0.3, -0.25) is 14.5 Å². The normalized spacial score (nSPS) is 19.9. The quantitative estimate of drug-likeness (QED) is 0.866. The highest BCUT2D eigenvalue weighted by atomic mass is 16.2. The molecule has 2 heterocycles. The third-order valence-corrected chi connectivity index (χ3v) is 4.63. The predicted octanol–water partition coefficient (Wildman–Crippen LogP) is 3.36.